The van der Waals surface area contributed by atoms with Crippen molar-refractivity contribution in [2.75, 3.05) is 19.1 Å². The number of H-pyrrole nitrogens is 1. The number of aromatic nitrogens is 3. The van der Waals surface area contributed by atoms with Crippen molar-refractivity contribution in [2.45, 2.75) is 18.1 Å². The number of aromatic amines is 1. The van der Waals surface area contributed by atoms with Gasteiger partial charge in [-0.05, 0) is 19.1 Å². The fourth-order valence-electron chi connectivity index (χ4n) is 1.94. The average molecular weight is 336 g/mol. The first-order valence-electron chi connectivity index (χ1n) is 7.05. The van der Waals surface area contributed by atoms with Gasteiger partial charge in [0.05, 0.1) is 6.20 Å². The van der Waals surface area contributed by atoms with Crippen LogP contribution in [0.2, 0.25) is 0 Å². The van der Waals surface area contributed by atoms with Crippen molar-refractivity contribution in [1.82, 2.24) is 20.7 Å². The van der Waals surface area contributed by atoms with E-state index in [2.05, 4.69) is 20.7 Å². The minimum absolute atomic E-state index is 0.177. The first-order valence-corrected chi connectivity index (χ1v) is 8.03. The van der Waals surface area contributed by atoms with Crippen LogP contribution in [-0.2, 0) is 4.79 Å². The molecule has 9 heteroatoms. The molecule has 0 fully saturated rings. The molecule has 0 bridgehead atoms. The van der Waals surface area contributed by atoms with E-state index in [1.54, 1.807) is 31.3 Å². The molecule has 23 heavy (non-hydrogen) atoms. The van der Waals surface area contributed by atoms with Crippen LogP contribution < -0.4 is 19.5 Å². The number of nitrogens with zero attached hydrogens (tertiary/aromatic N) is 2. The normalized spacial score (nSPS) is 13.6. The van der Waals surface area contributed by atoms with Crippen LogP contribution in [0.5, 0.6) is 17.2 Å². The number of thioether (sulfide) groups is 1. The standard InChI is InChI=1S/C14H16N4O4S/c1-9(14(19)15-4-5-23-13-7-16-18-17-13)22-10-2-3-11-12(6-10)21-8-20-11/h2-3,6-7,9H,4-5,8H2,1H3,(H,15,19)(H,16,17,18). The number of rotatable bonds is 7. The largest absolute Gasteiger partial charge is 0.481 e. The zero-order valence-electron chi connectivity index (χ0n) is 12.4. The van der Waals surface area contributed by atoms with Gasteiger partial charge in [0.15, 0.2) is 17.6 Å². The summed E-state index contributed by atoms with van der Waals surface area (Å²) in [6, 6.07) is 5.22. The second kappa shape index (κ2) is 7.23. The number of hydrogen-bond acceptors (Lipinski definition) is 7. The third kappa shape index (κ3) is 4.07. The van der Waals surface area contributed by atoms with Crippen molar-refractivity contribution >= 4 is 17.7 Å². The van der Waals surface area contributed by atoms with Crippen molar-refractivity contribution in [3.63, 3.8) is 0 Å². The molecule has 2 aromatic rings. The number of benzene rings is 1. The van der Waals surface area contributed by atoms with Crippen molar-refractivity contribution in [3.05, 3.63) is 24.4 Å². The van der Waals surface area contributed by atoms with E-state index in [1.807, 2.05) is 0 Å². The zero-order chi connectivity index (χ0) is 16.1. The molecule has 8 nitrogen and oxygen atoms in total. The molecule has 1 aromatic carbocycles. The molecule has 3 rings (SSSR count). The average Bonchev–Trinajstić information content (AvgIpc) is 3.22. The molecule has 1 aliphatic heterocycles. The Bertz CT molecular complexity index is 665. The second-order valence-corrected chi connectivity index (χ2v) is 5.84. The number of fused-ring (bicyclic) bond motifs is 1. The van der Waals surface area contributed by atoms with Crippen LogP contribution in [0.1, 0.15) is 6.92 Å². The topological polar surface area (TPSA) is 98.4 Å². The van der Waals surface area contributed by atoms with Gasteiger partial charge >= 0.3 is 0 Å². The van der Waals surface area contributed by atoms with Crippen LogP contribution in [0.25, 0.3) is 0 Å². The summed E-state index contributed by atoms with van der Waals surface area (Å²) < 4.78 is 16.1. The lowest BCUT2D eigenvalue weighted by atomic mass is 10.3. The molecule has 122 valence electrons. The van der Waals surface area contributed by atoms with Crippen molar-refractivity contribution in [2.24, 2.45) is 0 Å². The molecule has 1 aliphatic rings. The van der Waals surface area contributed by atoms with Crippen molar-refractivity contribution < 1.29 is 19.0 Å². The first-order chi connectivity index (χ1) is 11.2. The smallest absolute Gasteiger partial charge is 0.260 e. The predicted octanol–water partition coefficient (Wildman–Crippen LogP) is 1.21. The van der Waals surface area contributed by atoms with E-state index < -0.39 is 6.10 Å². The summed E-state index contributed by atoms with van der Waals surface area (Å²) in [5.41, 5.74) is 0. The Morgan fingerprint density at radius 3 is 3.17 bits per heavy atom. The summed E-state index contributed by atoms with van der Waals surface area (Å²) in [5.74, 6) is 2.39. The van der Waals surface area contributed by atoms with Gasteiger partial charge in [0, 0.05) is 18.4 Å². The van der Waals surface area contributed by atoms with Crippen LogP contribution in [-0.4, -0.2) is 46.5 Å². The lowest BCUT2D eigenvalue weighted by molar-refractivity contribution is -0.127. The van der Waals surface area contributed by atoms with Gasteiger partial charge in [-0.1, -0.05) is 0 Å². The maximum atomic E-state index is 12.0. The van der Waals surface area contributed by atoms with Gasteiger partial charge in [-0.15, -0.1) is 16.9 Å². The van der Waals surface area contributed by atoms with E-state index in [0.29, 0.717) is 29.5 Å². The molecule has 1 amide bonds. The predicted molar refractivity (Wildman–Crippen MR) is 82.8 cm³/mol. The summed E-state index contributed by atoms with van der Waals surface area (Å²) in [5, 5.41) is 13.8. The van der Waals surface area contributed by atoms with Gasteiger partial charge < -0.3 is 19.5 Å². The summed E-state index contributed by atoms with van der Waals surface area (Å²) >= 11 is 1.51. The molecule has 0 aliphatic carbocycles. The number of hydrogen-bond donors (Lipinski definition) is 2. The highest BCUT2D eigenvalue weighted by Crippen LogP contribution is 2.35. The third-order valence-corrected chi connectivity index (χ3v) is 3.97. The molecule has 1 atom stereocenters. The lowest BCUT2D eigenvalue weighted by Gasteiger charge is -2.14. The molecular weight excluding hydrogens is 320 g/mol. The van der Waals surface area contributed by atoms with Gasteiger partial charge in [0.1, 0.15) is 10.8 Å². The fraction of sp³-hybridized carbons (Fsp3) is 0.357. The molecule has 0 radical (unpaired) electrons. The van der Waals surface area contributed by atoms with Crippen LogP contribution in [0.4, 0.5) is 0 Å². The van der Waals surface area contributed by atoms with Crippen LogP contribution in [0, 0.1) is 0 Å². The monoisotopic (exact) mass is 336 g/mol. The summed E-state index contributed by atoms with van der Waals surface area (Å²) in [4.78, 5) is 12.0. The van der Waals surface area contributed by atoms with Crippen LogP contribution in [0.15, 0.2) is 29.4 Å². The van der Waals surface area contributed by atoms with Gasteiger partial charge in [0.2, 0.25) is 6.79 Å². The zero-order valence-corrected chi connectivity index (χ0v) is 13.3. The Labute approximate surface area is 136 Å². The Hall–Kier alpha value is -2.42. The lowest BCUT2D eigenvalue weighted by Crippen LogP contribution is -2.37. The molecule has 0 saturated heterocycles. The van der Waals surface area contributed by atoms with Gasteiger partial charge in [0.25, 0.3) is 5.91 Å². The number of ether oxygens (including phenoxy) is 3. The summed E-state index contributed by atoms with van der Waals surface area (Å²) in [6.07, 6.45) is 1.03. The molecule has 1 aromatic heterocycles. The van der Waals surface area contributed by atoms with Crippen molar-refractivity contribution in [3.8, 4) is 17.2 Å². The summed E-state index contributed by atoms with van der Waals surface area (Å²) in [7, 11) is 0. The molecule has 2 N–H and O–H groups in total. The van der Waals surface area contributed by atoms with E-state index in [9.17, 15) is 4.79 Å². The Morgan fingerprint density at radius 2 is 2.35 bits per heavy atom. The molecular formula is C14H16N4O4S. The Balaban J connectivity index is 1.42. The van der Waals surface area contributed by atoms with E-state index in [1.165, 1.54) is 11.8 Å². The number of amides is 1. The minimum atomic E-state index is -0.604. The number of carbonyl (C=O) groups is 1. The van der Waals surface area contributed by atoms with Gasteiger partial charge in [-0.2, -0.15) is 10.3 Å². The highest BCUT2D eigenvalue weighted by Gasteiger charge is 2.17. The first kappa shape index (κ1) is 15.5. The molecule has 1 unspecified atom stereocenters. The van der Waals surface area contributed by atoms with Gasteiger partial charge in [-0.3, -0.25) is 4.79 Å². The number of carbonyl (C=O) groups excluding carboxylic acids is 1. The Kier molecular flexibility index (Phi) is 4.86. The minimum Gasteiger partial charge on any atom is -0.481 e. The van der Waals surface area contributed by atoms with E-state index in [4.69, 9.17) is 14.2 Å². The molecule has 2 heterocycles. The van der Waals surface area contributed by atoms with Crippen molar-refractivity contribution in [1.29, 1.82) is 0 Å². The molecule has 0 saturated carbocycles. The van der Waals surface area contributed by atoms with Crippen LogP contribution in [0.3, 0.4) is 0 Å². The number of nitrogens with one attached hydrogen (secondary N) is 2. The third-order valence-electron chi connectivity index (χ3n) is 3.07. The fourth-order valence-corrected chi connectivity index (χ4v) is 2.59. The van der Waals surface area contributed by atoms with E-state index >= 15 is 0 Å². The maximum Gasteiger partial charge on any atom is 0.260 e. The van der Waals surface area contributed by atoms with Gasteiger partial charge in [-0.25, -0.2) is 0 Å². The van der Waals surface area contributed by atoms with Crippen LogP contribution >= 0.6 is 11.8 Å². The second-order valence-electron chi connectivity index (χ2n) is 4.72. The summed E-state index contributed by atoms with van der Waals surface area (Å²) in [6.45, 7) is 2.42. The van der Waals surface area contributed by atoms with E-state index in [-0.39, 0.29) is 12.7 Å². The Morgan fingerprint density at radius 1 is 1.48 bits per heavy atom. The molecule has 0 spiro atoms. The maximum absolute atomic E-state index is 12.0. The quantitative estimate of drug-likeness (QED) is 0.579. The highest BCUT2D eigenvalue weighted by molar-refractivity contribution is 7.99. The SMILES string of the molecule is CC(Oc1ccc2c(c1)OCO2)C(=O)NCCSc1cn[nH]n1. The highest BCUT2D eigenvalue weighted by atomic mass is 32.2. The van der Waals surface area contributed by atoms with E-state index in [0.717, 1.165) is 5.03 Å².